The molecule has 162 valence electrons. The van der Waals surface area contributed by atoms with E-state index in [0.717, 1.165) is 22.4 Å². The molecule has 1 N–H and O–H groups in total. The topological polar surface area (TPSA) is 87.9 Å². The molecule has 1 aromatic carbocycles. The van der Waals surface area contributed by atoms with Gasteiger partial charge in [-0.25, -0.2) is 4.79 Å². The lowest BCUT2D eigenvalue weighted by Gasteiger charge is -2.34. The van der Waals surface area contributed by atoms with E-state index >= 15 is 0 Å². The first kappa shape index (κ1) is 21.8. The van der Waals surface area contributed by atoms with Gasteiger partial charge in [0.15, 0.2) is 0 Å². The molecule has 1 aromatic heterocycles. The third kappa shape index (κ3) is 5.38. The number of hydrogen-bond donors (Lipinski definition) is 1. The summed E-state index contributed by atoms with van der Waals surface area (Å²) < 4.78 is 10.6. The second-order valence-electron chi connectivity index (χ2n) is 7.41. The van der Waals surface area contributed by atoms with Crippen molar-refractivity contribution in [2.24, 2.45) is 0 Å². The number of benzene rings is 1. The van der Waals surface area contributed by atoms with Crippen LogP contribution in [-0.2, 0) is 29.1 Å². The van der Waals surface area contributed by atoms with Crippen molar-refractivity contribution in [1.29, 1.82) is 0 Å². The quantitative estimate of drug-likeness (QED) is 0.752. The minimum absolute atomic E-state index is 0.0364. The summed E-state index contributed by atoms with van der Waals surface area (Å²) in [5.74, 6) is 0.720. The number of rotatable bonds is 7. The molecule has 1 aliphatic heterocycles. The zero-order valence-corrected chi connectivity index (χ0v) is 17.9. The Bertz CT molecular complexity index is 852. The second kappa shape index (κ2) is 10.2. The molecule has 0 spiro atoms. The number of piperazine rings is 1. The fourth-order valence-corrected chi connectivity index (χ4v) is 3.54. The molecule has 0 bridgehead atoms. The fraction of sp³-hybridized carbons (Fsp3) is 0.500. The van der Waals surface area contributed by atoms with Crippen LogP contribution in [0.25, 0.3) is 0 Å². The zero-order valence-electron chi connectivity index (χ0n) is 17.9. The first-order valence-electron chi connectivity index (χ1n) is 10.4. The standard InChI is InChI=1S/C22H30N4O4/c1-4-29-15-19-8-6-5-7-18(19)14-23-22(28)26-11-9-25(10-12-26)21(27)13-20-16(2)24-30-17(20)3/h5-8H,4,9-15H2,1-3H3,(H,23,28). The van der Waals surface area contributed by atoms with E-state index in [4.69, 9.17) is 9.26 Å². The Kier molecular flexibility index (Phi) is 7.46. The normalized spacial score (nSPS) is 14.1. The summed E-state index contributed by atoms with van der Waals surface area (Å²) in [5, 5.41) is 6.89. The average molecular weight is 415 g/mol. The van der Waals surface area contributed by atoms with Gasteiger partial charge in [0, 0.05) is 44.9 Å². The molecule has 0 aliphatic carbocycles. The number of nitrogens with one attached hydrogen (secondary N) is 1. The number of hydrogen-bond acceptors (Lipinski definition) is 5. The van der Waals surface area contributed by atoms with Gasteiger partial charge in [-0.15, -0.1) is 0 Å². The Morgan fingerprint density at radius 2 is 1.77 bits per heavy atom. The Morgan fingerprint density at radius 1 is 1.10 bits per heavy atom. The molecule has 1 aliphatic rings. The van der Waals surface area contributed by atoms with Crippen LogP contribution in [0.1, 0.15) is 35.1 Å². The van der Waals surface area contributed by atoms with Gasteiger partial charge in [0.25, 0.3) is 0 Å². The molecule has 0 saturated carbocycles. The van der Waals surface area contributed by atoms with Gasteiger partial charge in [0.1, 0.15) is 5.76 Å². The molecule has 1 fully saturated rings. The summed E-state index contributed by atoms with van der Waals surface area (Å²) in [5.41, 5.74) is 3.73. The summed E-state index contributed by atoms with van der Waals surface area (Å²) in [4.78, 5) is 28.7. The number of aryl methyl sites for hydroxylation is 2. The smallest absolute Gasteiger partial charge is 0.317 e. The predicted molar refractivity (Wildman–Crippen MR) is 112 cm³/mol. The van der Waals surface area contributed by atoms with E-state index in [1.54, 1.807) is 9.80 Å². The van der Waals surface area contributed by atoms with Crippen LogP contribution in [-0.4, -0.2) is 59.7 Å². The lowest BCUT2D eigenvalue weighted by atomic mass is 10.1. The number of nitrogens with zero attached hydrogens (tertiary/aromatic N) is 3. The molecular weight excluding hydrogens is 384 g/mol. The molecule has 30 heavy (non-hydrogen) atoms. The first-order valence-corrected chi connectivity index (χ1v) is 10.4. The zero-order chi connectivity index (χ0) is 21.5. The summed E-state index contributed by atoms with van der Waals surface area (Å²) in [6, 6.07) is 7.83. The number of aromatic nitrogens is 1. The average Bonchev–Trinajstić information content (AvgIpc) is 3.08. The number of amides is 3. The lowest BCUT2D eigenvalue weighted by molar-refractivity contribution is -0.131. The third-order valence-electron chi connectivity index (χ3n) is 5.44. The Labute approximate surface area is 177 Å². The van der Waals surface area contributed by atoms with Crippen LogP contribution in [0.4, 0.5) is 4.79 Å². The summed E-state index contributed by atoms with van der Waals surface area (Å²) in [6.07, 6.45) is 0.282. The van der Waals surface area contributed by atoms with E-state index in [9.17, 15) is 9.59 Å². The van der Waals surface area contributed by atoms with Crippen molar-refractivity contribution in [3.05, 3.63) is 52.4 Å². The molecule has 3 amide bonds. The van der Waals surface area contributed by atoms with E-state index < -0.39 is 0 Å². The number of carbonyl (C=O) groups is 2. The van der Waals surface area contributed by atoms with Gasteiger partial charge in [0.05, 0.1) is 18.7 Å². The molecule has 3 rings (SSSR count). The van der Waals surface area contributed by atoms with Crippen LogP contribution in [0.15, 0.2) is 28.8 Å². The highest BCUT2D eigenvalue weighted by atomic mass is 16.5. The molecule has 1 saturated heterocycles. The minimum Gasteiger partial charge on any atom is -0.377 e. The largest absolute Gasteiger partial charge is 0.377 e. The van der Waals surface area contributed by atoms with Crippen LogP contribution in [0.3, 0.4) is 0 Å². The second-order valence-corrected chi connectivity index (χ2v) is 7.41. The highest BCUT2D eigenvalue weighted by Gasteiger charge is 2.25. The van der Waals surface area contributed by atoms with E-state index in [1.165, 1.54) is 0 Å². The monoisotopic (exact) mass is 414 g/mol. The minimum atomic E-state index is -0.112. The van der Waals surface area contributed by atoms with Crippen molar-refractivity contribution < 1.29 is 18.8 Å². The van der Waals surface area contributed by atoms with Crippen LogP contribution in [0.2, 0.25) is 0 Å². The number of urea groups is 1. The van der Waals surface area contributed by atoms with Crippen molar-refractivity contribution in [3.8, 4) is 0 Å². The van der Waals surface area contributed by atoms with Crippen molar-refractivity contribution in [3.63, 3.8) is 0 Å². The van der Waals surface area contributed by atoms with E-state index in [-0.39, 0.29) is 18.4 Å². The maximum Gasteiger partial charge on any atom is 0.317 e. The molecule has 8 nitrogen and oxygen atoms in total. The third-order valence-corrected chi connectivity index (χ3v) is 5.44. The van der Waals surface area contributed by atoms with Crippen LogP contribution < -0.4 is 5.32 Å². The Morgan fingerprint density at radius 3 is 2.40 bits per heavy atom. The summed E-state index contributed by atoms with van der Waals surface area (Å²) in [6.45, 7) is 9.34. The Hall–Kier alpha value is -2.87. The van der Waals surface area contributed by atoms with Crippen molar-refractivity contribution >= 4 is 11.9 Å². The van der Waals surface area contributed by atoms with Gasteiger partial charge in [-0.1, -0.05) is 29.4 Å². The maximum atomic E-state index is 12.6. The summed E-state index contributed by atoms with van der Waals surface area (Å²) >= 11 is 0. The van der Waals surface area contributed by atoms with Gasteiger partial charge in [-0.05, 0) is 31.9 Å². The maximum absolute atomic E-state index is 12.6. The van der Waals surface area contributed by atoms with Crippen molar-refractivity contribution in [2.45, 2.75) is 40.3 Å². The number of ether oxygens (including phenoxy) is 1. The highest BCUT2D eigenvalue weighted by molar-refractivity contribution is 5.80. The van der Waals surface area contributed by atoms with Gasteiger partial charge in [-0.2, -0.15) is 0 Å². The molecule has 0 unspecified atom stereocenters. The lowest BCUT2D eigenvalue weighted by Crippen LogP contribution is -2.53. The fourth-order valence-electron chi connectivity index (χ4n) is 3.54. The SMILES string of the molecule is CCOCc1ccccc1CNC(=O)N1CCN(C(=O)Cc2c(C)noc2C)CC1. The molecular formula is C22H30N4O4. The highest BCUT2D eigenvalue weighted by Crippen LogP contribution is 2.15. The molecule has 2 aromatic rings. The molecule has 0 radical (unpaired) electrons. The van der Waals surface area contributed by atoms with Crippen LogP contribution in [0.5, 0.6) is 0 Å². The molecule has 0 atom stereocenters. The van der Waals surface area contributed by atoms with Gasteiger partial charge in [0.2, 0.25) is 5.91 Å². The first-order chi connectivity index (χ1) is 14.5. The van der Waals surface area contributed by atoms with E-state index in [1.807, 2.05) is 45.0 Å². The van der Waals surface area contributed by atoms with Crippen LogP contribution in [0, 0.1) is 13.8 Å². The van der Waals surface area contributed by atoms with Crippen LogP contribution >= 0.6 is 0 Å². The predicted octanol–water partition coefficient (Wildman–Crippen LogP) is 2.42. The van der Waals surface area contributed by atoms with E-state index in [2.05, 4.69) is 10.5 Å². The van der Waals surface area contributed by atoms with Gasteiger partial charge >= 0.3 is 6.03 Å². The molecule has 2 heterocycles. The van der Waals surface area contributed by atoms with Crippen molar-refractivity contribution in [1.82, 2.24) is 20.3 Å². The van der Waals surface area contributed by atoms with E-state index in [0.29, 0.717) is 51.7 Å². The van der Waals surface area contributed by atoms with Crippen molar-refractivity contribution in [2.75, 3.05) is 32.8 Å². The Balaban J connectivity index is 1.47. The molecule has 8 heteroatoms. The number of carbonyl (C=O) groups excluding carboxylic acids is 2. The van der Waals surface area contributed by atoms with Gasteiger partial charge < -0.3 is 24.4 Å². The van der Waals surface area contributed by atoms with Gasteiger partial charge in [-0.3, -0.25) is 4.79 Å². The summed E-state index contributed by atoms with van der Waals surface area (Å²) in [7, 11) is 0.